The number of pyridine rings is 1. The molecule has 108 valence electrons. The van der Waals surface area contributed by atoms with Crippen LogP contribution in [0.5, 0.6) is 0 Å². The zero-order chi connectivity index (χ0) is 13.9. The van der Waals surface area contributed by atoms with E-state index in [0.717, 1.165) is 5.06 Å². The maximum Gasteiger partial charge on any atom is 0.267 e. The summed E-state index contributed by atoms with van der Waals surface area (Å²) in [4.78, 5) is 14.9. The molecule has 0 saturated heterocycles. The van der Waals surface area contributed by atoms with Crippen LogP contribution in [0.4, 0.5) is 0 Å². The summed E-state index contributed by atoms with van der Waals surface area (Å²) in [5, 5.41) is 20.7. The van der Waals surface area contributed by atoms with Gasteiger partial charge in [0.05, 0.1) is 12.2 Å². The van der Waals surface area contributed by atoms with E-state index in [1.54, 1.807) is 12.1 Å². The highest BCUT2D eigenvalue weighted by Gasteiger charge is 2.23. The number of hydrogen-bond acceptors (Lipinski definition) is 5. The van der Waals surface area contributed by atoms with Crippen LogP contribution in [0.25, 0.3) is 0 Å². The Bertz CT molecular complexity index is 434. The Morgan fingerprint density at radius 1 is 1.47 bits per heavy atom. The van der Waals surface area contributed by atoms with Crippen molar-refractivity contribution < 1.29 is 15.1 Å². The lowest BCUT2D eigenvalue weighted by molar-refractivity contribution is -0.172. The van der Waals surface area contributed by atoms with Crippen molar-refractivity contribution in [3.63, 3.8) is 0 Å². The molecule has 0 aliphatic heterocycles. The van der Waals surface area contributed by atoms with Gasteiger partial charge in [-0.3, -0.25) is 4.79 Å². The molecule has 6 nitrogen and oxygen atoms in total. The van der Waals surface area contributed by atoms with Crippen LogP contribution in [0, 0.1) is 0 Å². The number of carbonyl (C=O) groups is 1. The van der Waals surface area contributed by atoms with Gasteiger partial charge in [-0.15, -0.1) is 0 Å². The third-order valence-corrected chi connectivity index (χ3v) is 2.48. The fourth-order valence-corrected chi connectivity index (χ4v) is 1.31. The molecular weight excluding hydrogens is 266 g/mol. The fraction of sp³-hybridized carbons (Fsp3) is 0.500. The zero-order valence-electron chi connectivity index (χ0n) is 11.3. The van der Waals surface area contributed by atoms with E-state index in [1.807, 2.05) is 20.8 Å². The second kappa shape index (κ2) is 6.85. The Balaban J connectivity index is 0.00000324. The molecule has 0 unspecified atom stereocenters. The van der Waals surface area contributed by atoms with Gasteiger partial charge < -0.3 is 16.0 Å². The van der Waals surface area contributed by atoms with Crippen molar-refractivity contribution in [3.8, 4) is 0 Å². The van der Waals surface area contributed by atoms with Gasteiger partial charge in [0.1, 0.15) is 11.8 Å². The Hall–Kier alpha value is -1.15. The van der Waals surface area contributed by atoms with Gasteiger partial charge in [0.25, 0.3) is 5.91 Å². The molecule has 7 heteroatoms. The van der Waals surface area contributed by atoms with Crippen molar-refractivity contribution in [2.24, 2.45) is 5.73 Å². The van der Waals surface area contributed by atoms with Crippen LogP contribution in [0.3, 0.4) is 0 Å². The van der Waals surface area contributed by atoms with Crippen molar-refractivity contribution in [1.82, 2.24) is 10.0 Å². The largest absolute Gasteiger partial charge is 0.385 e. The first kappa shape index (κ1) is 17.8. The highest BCUT2D eigenvalue weighted by molar-refractivity contribution is 7.59. The van der Waals surface area contributed by atoms with E-state index in [0.29, 0.717) is 5.69 Å². The molecule has 4 N–H and O–H groups in total. The first-order valence-electron chi connectivity index (χ1n) is 5.63. The van der Waals surface area contributed by atoms with Crippen LogP contribution in [0.1, 0.15) is 43.1 Å². The van der Waals surface area contributed by atoms with Crippen molar-refractivity contribution in [3.05, 3.63) is 29.6 Å². The lowest BCUT2D eigenvalue weighted by atomic mass is 10.1. The molecule has 1 aromatic heterocycles. The van der Waals surface area contributed by atoms with E-state index < -0.39 is 17.6 Å². The third kappa shape index (κ3) is 5.15. The van der Waals surface area contributed by atoms with E-state index >= 15 is 0 Å². The topological polar surface area (TPSA) is 99.7 Å². The zero-order valence-corrected chi connectivity index (χ0v) is 12.3. The number of nitrogens with zero attached hydrogens (tertiary/aromatic N) is 2. The first-order chi connectivity index (χ1) is 8.21. The number of aliphatic hydroxyl groups excluding tert-OH is 1. The Kier molecular flexibility index (Phi) is 6.44. The number of aromatic nitrogens is 1. The maximum atomic E-state index is 11.0. The normalized spacial score (nSPS) is 12.9. The maximum absolute atomic E-state index is 11.0. The van der Waals surface area contributed by atoms with E-state index in [1.165, 1.54) is 6.07 Å². The Morgan fingerprint density at radius 3 is 2.53 bits per heavy atom. The Labute approximate surface area is 119 Å². The number of nitrogens with two attached hydrogens (primary N) is 1. The number of aliphatic hydroxyl groups is 1. The van der Waals surface area contributed by atoms with Crippen LogP contribution in [0.2, 0.25) is 0 Å². The quantitative estimate of drug-likeness (QED) is 0.712. The molecule has 1 rings (SSSR count). The lowest BCUT2D eigenvalue weighted by Gasteiger charge is -2.30. The summed E-state index contributed by atoms with van der Waals surface area (Å²) >= 11 is 0. The number of β-amino-alcohol motifs (C(OH)–C–C–N with tert-alkyl or cyclic N) is 1. The third-order valence-electron chi connectivity index (χ3n) is 2.48. The van der Waals surface area contributed by atoms with Gasteiger partial charge in [-0.25, -0.2) is 4.98 Å². The SMILES string of the molecule is CC(C)(C)N(O)C[C@H](O)c1cccc(C(N)=O)n1.S. The molecular formula is C12H21N3O3S. The van der Waals surface area contributed by atoms with Gasteiger partial charge in [0, 0.05) is 5.54 Å². The Morgan fingerprint density at radius 2 is 2.05 bits per heavy atom. The summed E-state index contributed by atoms with van der Waals surface area (Å²) in [6.07, 6.45) is -0.992. The summed E-state index contributed by atoms with van der Waals surface area (Å²) < 4.78 is 0. The molecule has 0 aliphatic carbocycles. The van der Waals surface area contributed by atoms with Crippen LogP contribution in [-0.2, 0) is 0 Å². The second-order valence-corrected chi connectivity index (χ2v) is 5.08. The molecule has 0 saturated carbocycles. The van der Waals surface area contributed by atoms with E-state index in [9.17, 15) is 15.1 Å². The number of hydrogen-bond donors (Lipinski definition) is 3. The van der Waals surface area contributed by atoms with Crippen LogP contribution >= 0.6 is 13.5 Å². The van der Waals surface area contributed by atoms with E-state index in [4.69, 9.17) is 5.73 Å². The van der Waals surface area contributed by atoms with Crippen molar-refractivity contribution in [1.29, 1.82) is 0 Å². The number of rotatable bonds is 4. The highest BCUT2D eigenvalue weighted by atomic mass is 32.1. The molecule has 1 amide bonds. The molecule has 1 aromatic rings. The van der Waals surface area contributed by atoms with Crippen LogP contribution in [0.15, 0.2) is 18.2 Å². The van der Waals surface area contributed by atoms with E-state index in [-0.39, 0.29) is 25.7 Å². The summed E-state index contributed by atoms with van der Waals surface area (Å²) in [7, 11) is 0. The van der Waals surface area contributed by atoms with Crippen LogP contribution in [-0.4, -0.2) is 38.4 Å². The van der Waals surface area contributed by atoms with Gasteiger partial charge in [0.15, 0.2) is 0 Å². The van der Waals surface area contributed by atoms with Gasteiger partial charge in [-0.2, -0.15) is 18.6 Å². The summed E-state index contributed by atoms with van der Waals surface area (Å²) in [5.41, 5.74) is 5.02. The number of amides is 1. The monoisotopic (exact) mass is 287 g/mol. The molecule has 0 radical (unpaired) electrons. The van der Waals surface area contributed by atoms with E-state index in [2.05, 4.69) is 4.98 Å². The minimum Gasteiger partial charge on any atom is -0.385 e. The van der Waals surface area contributed by atoms with Crippen molar-refractivity contribution in [2.75, 3.05) is 6.54 Å². The van der Waals surface area contributed by atoms with Crippen molar-refractivity contribution >= 4 is 19.4 Å². The van der Waals surface area contributed by atoms with Crippen LogP contribution < -0.4 is 5.73 Å². The number of carbonyl (C=O) groups excluding carboxylic acids is 1. The average Bonchev–Trinajstić information content (AvgIpc) is 2.27. The fourth-order valence-electron chi connectivity index (χ4n) is 1.31. The highest BCUT2D eigenvalue weighted by Crippen LogP contribution is 2.17. The molecule has 0 aliphatic rings. The molecule has 0 spiro atoms. The van der Waals surface area contributed by atoms with Gasteiger partial charge >= 0.3 is 0 Å². The molecule has 1 heterocycles. The minimum absolute atomic E-state index is 0. The number of primary amides is 1. The van der Waals surface area contributed by atoms with Crippen molar-refractivity contribution in [2.45, 2.75) is 32.4 Å². The standard InChI is InChI=1S/C12H19N3O3.H2S/c1-12(2,3)15(18)7-10(16)8-5-4-6-9(14-8)11(13)17;/h4-6,10,16,18H,7H2,1-3H3,(H2,13,17);1H2/t10-;/m0./s1. The molecule has 0 fully saturated rings. The lowest BCUT2D eigenvalue weighted by Crippen LogP contribution is -2.41. The summed E-state index contributed by atoms with van der Waals surface area (Å²) in [5.74, 6) is -0.652. The van der Waals surface area contributed by atoms with Gasteiger partial charge in [-0.1, -0.05) is 6.07 Å². The first-order valence-corrected chi connectivity index (χ1v) is 5.63. The minimum atomic E-state index is -0.992. The smallest absolute Gasteiger partial charge is 0.267 e. The molecule has 0 aromatic carbocycles. The van der Waals surface area contributed by atoms with Gasteiger partial charge in [-0.05, 0) is 32.9 Å². The second-order valence-electron chi connectivity index (χ2n) is 5.08. The van der Waals surface area contributed by atoms with Gasteiger partial charge in [0.2, 0.25) is 0 Å². The average molecular weight is 287 g/mol. The molecule has 19 heavy (non-hydrogen) atoms. The number of hydroxylamine groups is 2. The summed E-state index contributed by atoms with van der Waals surface area (Å²) in [6.45, 7) is 5.44. The molecule has 1 atom stereocenters. The predicted molar refractivity (Wildman–Crippen MR) is 76.3 cm³/mol. The predicted octanol–water partition coefficient (Wildman–Crippen LogP) is 0.816. The molecule has 0 bridgehead atoms. The summed E-state index contributed by atoms with van der Waals surface area (Å²) in [6, 6.07) is 4.64.